The number of carbonyl (C=O) groups is 1. The summed E-state index contributed by atoms with van der Waals surface area (Å²) in [5.41, 5.74) is 6.35. The third-order valence-electron chi connectivity index (χ3n) is 3.65. The first kappa shape index (κ1) is 11.9. The largest absolute Gasteiger partial charge is 0.396 e. The number of rotatable bonds is 2. The van der Waals surface area contributed by atoms with Gasteiger partial charge in [-0.05, 0) is 30.4 Å². The van der Waals surface area contributed by atoms with Crippen molar-refractivity contribution in [3.63, 3.8) is 0 Å². The van der Waals surface area contributed by atoms with Gasteiger partial charge in [-0.1, -0.05) is 20.3 Å². The van der Waals surface area contributed by atoms with Crippen molar-refractivity contribution in [2.24, 2.45) is 11.3 Å². The summed E-state index contributed by atoms with van der Waals surface area (Å²) in [6.07, 6.45) is 4.79. The maximum absolute atomic E-state index is 12.2. The highest BCUT2D eigenvalue weighted by Gasteiger charge is 2.39. The Morgan fingerprint density at radius 2 is 2.35 bits per heavy atom. The summed E-state index contributed by atoms with van der Waals surface area (Å²) >= 11 is 0. The predicted molar refractivity (Wildman–Crippen MR) is 68.4 cm³/mol. The van der Waals surface area contributed by atoms with E-state index >= 15 is 0 Å². The smallest absolute Gasteiger partial charge is 0.229 e. The number of carbonyl (C=O) groups excluding carboxylic acids is 1. The fourth-order valence-corrected chi connectivity index (χ4v) is 2.54. The van der Waals surface area contributed by atoms with Crippen LogP contribution in [0.3, 0.4) is 0 Å². The van der Waals surface area contributed by atoms with Gasteiger partial charge in [-0.2, -0.15) is 0 Å². The molecule has 0 spiro atoms. The number of nitrogens with zero attached hydrogens (tertiary/aromatic N) is 1. The van der Waals surface area contributed by atoms with Gasteiger partial charge in [0.05, 0.1) is 5.69 Å². The van der Waals surface area contributed by atoms with Crippen molar-refractivity contribution in [2.45, 2.75) is 33.1 Å². The summed E-state index contributed by atoms with van der Waals surface area (Å²) in [6, 6.07) is 3.49. The number of hydrogen-bond acceptors (Lipinski definition) is 3. The van der Waals surface area contributed by atoms with E-state index in [4.69, 9.17) is 5.73 Å². The number of aromatic nitrogens is 1. The van der Waals surface area contributed by atoms with Crippen LogP contribution in [0, 0.1) is 11.3 Å². The Morgan fingerprint density at radius 1 is 1.59 bits per heavy atom. The Morgan fingerprint density at radius 3 is 2.94 bits per heavy atom. The summed E-state index contributed by atoms with van der Waals surface area (Å²) in [5, 5.41) is 2.83. The Labute approximate surface area is 102 Å². The van der Waals surface area contributed by atoms with E-state index in [0.717, 1.165) is 19.3 Å². The molecule has 1 saturated carbocycles. The molecule has 3 N–H and O–H groups in total. The fourth-order valence-electron chi connectivity index (χ4n) is 2.54. The van der Waals surface area contributed by atoms with Gasteiger partial charge in [-0.25, -0.2) is 4.98 Å². The van der Waals surface area contributed by atoms with E-state index in [2.05, 4.69) is 24.1 Å². The average Bonchev–Trinajstić information content (AvgIpc) is 2.61. The third-order valence-corrected chi connectivity index (χ3v) is 3.65. The molecule has 1 amide bonds. The quantitative estimate of drug-likeness (QED) is 0.824. The lowest BCUT2D eigenvalue weighted by molar-refractivity contribution is -0.122. The molecule has 1 fully saturated rings. The molecule has 1 atom stereocenters. The number of hydrogen-bond donors (Lipinski definition) is 2. The van der Waals surface area contributed by atoms with Crippen LogP contribution in [0.4, 0.5) is 11.5 Å². The van der Waals surface area contributed by atoms with Gasteiger partial charge in [0.2, 0.25) is 5.91 Å². The highest BCUT2D eigenvalue weighted by Crippen LogP contribution is 2.43. The van der Waals surface area contributed by atoms with E-state index in [1.165, 1.54) is 0 Å². The Hall–Kier alpha value is -1.58. The van der Waals surface area contributed by atoms with Crippen molar-refractivity contribution in [1.82, 2.24) is 4.98 Å². The molecule has 4 nitrogen and oxygen atoms in total. The summed E-state index contributed by atoms with van der Waals surface area (Å²) in [5.74, 6) is 0.571. The van der Waals surface area contributed by atoms with Gasteiger partial charge in [0.25, 0.3) is 0 Å². The van der Waals surface area contributed by atoms with Crippen LogP contribution >= 0.6 is 0 Å². The normalized spacial score (nSPS) is 22.4. The molecule has 0 aliphatic heterocycles. The second-order valence-electron chi connectivity index (χ2n) is 5.36. The highest BCUT2D eigenvalue weighted by molar-refractivity contribution is 5.94. The van der Waals surface area contributed by atoms with E-state index in [1.807, 2.05) is 0 Å². The molecule has 0 aromatic carbocycles. The molecule has 0 saturated heterocycles. The van der Waals surface area contributed by atoms with Gasteiger partial charge >= 0.3 is 0 Å². The maximum atomic E-state index is 12.2. The number of pyridine rings is 1. The van der Waals surface area contributed by atoms with E-state index in [9.17, 15) is 4.79 Å². The van der Waals surface area contributed by atoms with Crippen LogP contribution in [0.2, 0.25) is 0 Å². The van der Waals surface area contributed by atoms with Crippen molar-refractivity contribution < 1.29 is 4.79 Å². The van der Waals surface area contributed by atoms with Crippen LogP contribution in [0.1, 0.15) is 33.1 Å². The maximum Gasteiger partial charge on any atom is 0.229 e. The number of anilines is 2. The highest BCUT2D eigenvalue weighted by atomic mass is 16.2. The van der Waals surface area contributed by atoms with Crippen LogP contribution < -0.4 is 11.1 Å². The van der Waals surface area contributed by atoms with E-state index < -0.39 is 0 Å². The van der Waals surface area contributed by atoms with E-state index in [1.54, 1.807) is 18.3 Å². The van der Waals surface area contributed by atoms with Crippen LogP contribution in [-0.4, -0.2) is 10.9 Å². The minimum atomic E-state index is 0.0397. The van der Waals surface area contributed by atoms with Crippen LogP contribution in [0.5, 0.6) is 0 Å². The predicted octanol–water partition coefficient (Wildman–Crippen LogP) is 2.43. The minimum absolute atomic E-state index is 0.0397. The van der Waals surface area contributed by atoms with Gasteiger partial charge in [0.15, 0.2) is 5.82 Å². The molecule has 1 aliphatic rings. The first-order valence-electron chi connectivity index (χ1n) is 6.02. The van der Waals surface area contributed by atoms with Gasteiger partial charge < -0.3 is 11.1 Å². The summed E-state index contributed by atoms with van der Waals surface area (Å²) < 4.78 is 0. The van der Waals surface area contributed by atoms with Crippen molar-refractivity contribution >= 4 is 17.4 Å². The molecule has 4 heteroatoms. The lowest BCUT2D eigenvalue weighted by atomic mass is 9.81. The lowest BCUT2D eigenvalue weighted by Crippen LogP contribution is -2.31. The van der Waals surface area contributed by atoms with Crippen LogP contribution in [0.25, 0.3) is 0 Å². The molecule has 0 radical (unpaired) electrons. The molecule has 1 unspecified atom stereocenters. The molecule has 1 aliphatic carbocycles. The number of amides is 1. The molecular weight excluding hydrogens is 214 g/mol. The standard InChI is InChI=1S/C13H19N3O/c1-13(2)7-3-5-9(13)12(17)16-11-10(14)6-4-8-15-11/h4,6,8-9H,3,5,7,14H2,1-2H3,(H,15,16,17). The molecule has 17 heavy (non-hydrogen) atoms. The molecule has 92 valence electrons. The lowest BCUT2D eigenvalue weighted by Gasteiger charge is -2.25. The van der Waals surface area contributed by atoms with Crippen molar-refractivity contribution in [2.75, 3.05) is 11.1 Å². The molecule has 1 aromatic heterocycles. The number of nitrogen functional groups attached to an aromatic ring is 1. The van der Waals surface area contributed by atoms with Crippen molar-refractivity contribution in [3.8, 4) is 0 Å². The number of nitrogens with one attached hydrogen (secondary N) is 1. The Bertz CT molecular complexity index is 428. The Balaban J connectivity index is 2.10. The van der Waals surface area contributed by atoms with E-state index in [0.29, 0.717) is 11.5 Å². The summed E-state index contributed by atoms with van der Waals surface area (Å²) in [6.45, 7) is 4.29. The SMILES string of the molecule is CC1(C)CCCC1C(=O)Nc1ncccc1N. The van der Waals surface area contributed by atoms with Gasteiger partial charge in [0.1, 0.15) is 0 Å². The zero-order valence-corrected chi connectivity index (χ0v) is 10.4. The van der Waals surface area contributed by atoms with Gasteiger partial charge in [-0.15, -0.1) is 0 Å². The summed E-state index contributed by atoms with van der Waals surface area (Å²) in [4.78, 5) is 16.3. The van der Waals surface area contributed by atoms with Crippen molar-refractivity contribution in [3.05, 3.63) is 18.3 Å². The first-order valence-corrected chi connectivity index (χ1v) is 6.02. The van der Waals surface area contributed by atoms with Crippen LogP contribution in [0.15, 0.2) is 18.3 Å². The molecule has 1 heterocycles. The first-order chi connectivity index (χ1) is 8.00. The van der Waals surface area contributed by atoms with Gasteiger partial charge in [0, 0.05) is 12.1 Å². The molecular formula is C13H19N3O. The van der Waals surface area contributed by atoms with E-state index in [-0.39, 0.29) is 17.2 Å². The second-order valence-corrected chi connectivity index (χ2v) is 5.36. The minimum Gasteiger partial charge on any atom is -0.396 e. The summed E-state index contributed by atoms with van der Waals surface area (Å²) in [7, 11) is 0. The molecule has 2 rings (SSSR count). The zero-order chi connectivity index (χ0) is 12.5. The fraction of sp³-hybridized carbons (Fsp3) is 0.538. The van der Waals surface area contributed by atoms with Gasteiger partial charge in [-0.3, -0.25) is 4.79 Å². The second kappa shape index (κ2) is 4.35. The molecule has 0 bridgehead atoms. The topological polar surface area (TPSA) is 68.0 Å². The Kier molecular flexibility index (Phi) is 3.05. The zero-order valence-electron chi connectivity index (χ0n) is 10.4. The average molecular weight is 233 g/mol. The third kappa shape index (κ3) is 2.40. The van der Waals surface area contributed by atoms with Crippen molar-refractivity contribution in [1.29, 1.82) is 0 Å². The number of nitrogens with two attached hydrogens (primary N) is 1. The monoisotopic (exact) mass is 233 g/mol. The van der Waals surface area contributed by atoms with Crippen LogP contribution in [-0.2, 0) is 4.79 Å². The molecule has 1 aromatic rings.